The summed E-state index contributed by atoms with van der Waals surface area (Å²) in [6.45, 7) is 0. The largest absolute Gasteiger partial charge is 0.477 e. The van der Waals surface area contributed by atoms with Gasteiger partial charge in [0.05, 0.1) is 5.57 Å². The summed E-state index contributed by atoms with van der Waals surface area (Å²) in [5.74, 6) is -0.928. The van der Waals surface area contributed by atoms with E-state index >= 15 is 0 Å². The van der Waals surface area contributed by atoms with Gasteiger partial charge in [0.1, 0.15) is 0 Å². The summed E-state index contributed by atoms with van der Waals surface area (Å²) in [4.78, 5) is 11.3. The van der Waals surface area contributed by atoms with Gasteiger partial charge in [-0.2, -0.15) is 0 Å². The van der Waals surface area contributed by atoms with Gasteiger partial charge in [0.2, 0.25) is 0 Å². The number of rotatable bonds is 5. The van der Waals surface area contributed by atoms with Crippen molar-refractivity contribution < 1.29 is 9.90 Å². The van der Waals surface area contributed by atoms with Gasteiger partial charge >= 0.3 is 5.97 Å². The first-order valence-corrected chi connectivity index (χ1v) is 7.40. The lowest BCUT2D eigenvalue weighted by Crippen LogP contribution is -2.02. The van der Waals surface area contributed by atoms with Crippen LogP contribution in [0.25, 0.3) is 0 Å². The average molecular weight is 343 g/mol. The van der Waals surface area contributed by atoms with Crippen LogP contribution in [0.5, 0.6) is 0 Å². The van der Waals surface area contributed by atoms with Crippen molar-refractivity contribution in [3.05, 3.63) is 87.6 Å². The van der Waals surface area contributed by atoms with Gasteiger partial charge < -0.3 is 5.11 Å². The van der Waals surface area contributed by atoms with Crippen LogP contribution in [0.1, 0.15) is 11.1 Å². The molecule has 2 rings (SSSR count). The van der Waals surface area contributed by atoms with Crippen molar-refractivity contribution in [2.24, 2.45) is 0 Å². The highest BCUT2D eigenvalue weighted by molar-refractivity contribution is 9.10. The molecule has 0 aliphatic carbocycles. The molecule has 2 nitrogen and oxygen atoms in total. The van der Waals surface area contributed by atoms with E-state index in [4.69, 9.17) is 0 Å². The van der Waals surface area contributed by atoms with Crippen LogP contribution in [0.15, 0.2) is 76.5 Å². The van der Waals surface area contributed by atoms with E-state index in [9.17, 15) is 9.90 Å². The van der Waals surface area contributed by atoms with Crippen molar-refractivity contribution in [1.29, 1.82) is 0 Å². The Morgan fingerprint density at radius 1 is 1.05 bits per heavy atom. The van der Waals surface area contributed by atoms with Gasteiger partial charge in [-0.15, -0.1) is 5.73 Å². The molecular formula is C18H15BrO2. The molecule has 2 aromatic carbocycles. The Bertz CT molecular complexity index is 666. The summed E-state index contributed by atoms with van der Waals surface area (Å²) in [6.07, 6.45) is 2.82. The molecule has 0 atom stereocenters. The molecule has 0 radical (unpaired) electrons. The second-order valence-corrected chi connectivity index (χ2v) is 5.54. The van der Waals surface area contributed by atoms with Crippen molar-refractivity contribution in [3.63, 3.8) is 0 Å². The van der Waals surface area contributed by atoms with Crippen LogP contribution >= 0.6 is 15.9 Å². The van der Waals surface area contributed by atoms with Crippen molar-refractivity contribution >= 4 is 21.9 Å². The highest BCUT2D eigenvalue weighted by atomic mass is 79.9. The Morgan fingerprint density at radius 2 is 1.71 bits per heavy atom. The summed E-state index contributed by atoms with van der Waals surface area (Å²) in [6, 6.07) is 17.5. The van der Waals surface area contributed by atoms with Crippen LogP contribution in [0.4, 0.5) is 0 Å². The Morgan fingerprint density at radius 3 is 2.33 bits per heavy atom. The molecule has 0 unspecified atom stereocenters. The maximum atomic E-state index is 11.3. The summed E-state index contributed by atoms with van der Waals surface area (Å²) in [7, 11) is 0. The third-order valence-electron chi connectivity index (χ3n) is 3.01. The molecule has 0 fully saturated rings. The van der Waals surface area contributed by atoms with Crippen LogP contribution < -0.4 is 0 Å². The van der Waals surface area contributed by atoms with Crippen LogP contribution in [0.3, 0.4) is 0 Å². The van der Waals surface area contributed by atoms with E-state index in [0.29, 0.717) is 12.8 Å². The average Bonchev–Trinajstić information content (AvgIpc) is 2.49. The summed E-state index contributed by atoms with van der Waals surface area (Å²) in [5, 5.41) is 9.26. The number of carboxylic acid groups (broad SMARTS) is 1. The molecule has 0 aliphatic rings. The predicted molar refractivity (Wildman–Crippen MR) is 87.2 cm³/mol. The van der Waals surface area contributed by atoms with Crippen LogP contribution in [0, 0.1) is 0 Å². The van der Waals surface area contributed by atoms with Crippen molar-refractivity contribution in [1.82, 2.24) is 0 Å². The zero-order valence-corrected chi connectivity index (χ0v) is 13.0. The minimum Gasteiger partial charge on any atom is -0.477 e. The predicted octanol–water partition coefficient (Wildman–Crippen LogP) is 4.40. The zero-order valence-electron chi connectivity index (χ0n) is 11.4. The van der Waals surface area contributed by atoms with Crippen molar-refractivity contribution in [2.75, 3.05) is 0 Å². The number of carbonyl (C=O) groups is 1. The number of halogens is 1. The molecule has 106 valence electrons. The third-order valence-corrected chi connectivity index (χ3v) is 3.54. The van der Waals surface area contributed by atoms with Gasteiger partial charge in [-0.25, -0.2) is 4.79 Å². The van der Waals surface area contributed by atoms with E-state index in [2.05, 4.69) is 21.7 Å². The highest BCUT2D eigenvalue weighted by Gasteiger charge is 2.07. The quantitative estimate of drug-likeness (QED) is 0.645. The molecule has 0 saturated heterocycles. The Labute approximate surface area is 132 Å². The lowest BCUT2D eigenvalue weighted by atomic mass is 10.1. The molecule has 0 saturated carbocycles. The molecule has 21 heavy (non-hydrogen) atoms. The molecule has 0 amide bonds. The summed E-state index contributed by atoms with van der Waals surface area (Å²) >= 11 is 3.36. The molecule has 0 aromatic heterocycles. The number of hydrogen-bond acceptors (Lipinski definition) is 1. The van der Waals surface area contributed by atoms with Gasteiger partial charge in [-0.1, -0.05) is 58.4 Å². The lowest BCUT2D eigenvalue weighted by molar-refractivity contribution is -0.132. The lowest BCUT2D eigenvalue weighted by Gasteiger charge is -2.01. The minimum absolute atomic E-state index is 0.272. The van der Waals surface area contributed by atoms with Crippen molar-refractivity contribution in [3.8, 4) is 0 Å². The first kappa shape index (κ1) is 15.3. The maximum absolute atomic E-state index is 11.3. The van der Waals surface area contributed by atoms with Gasteiger partial charge in [0.25, 0.3) is 0 Å². The Hall–Kier alpha value is -2.09. The van der Waals surface area contributed by atoms with Crippen LogP contribution in [-0.2, 0) is 17.6 Å². The van der Waals surface area contributed by atoms with E-state index in [1.165, 1.54) is 0 Å². The number of aliphatic carboxylic acids is 1. The van der Waals surface area contributed by atoms with E-state index in [0.717, 1.165) is 15.6 Å². The van der Waals surface area contributed by atoms with Gasteiger partial charge in [-0.05, 0) is 35.8 Å². The third kappa shape index (κ3) is 5.07. The number of hydrogen-bond donors (Lipinski definition) is 1. The normalized spacial score (nSPS) is 9.76. The molecule has 0 spiro atoms. The molecule has 0 heterocycles. The Kier molecular flexibility index (Phi) is 5.56. The highest BCUT2D eigenvalue weighted by Crippen LogP contribution is 2.13. The van der Waals surface area contributed by atoms with E-state index in [-0.39, 0.29) is 5.57 Å². The van der Waals surface area contributed by atoms with Crippen LogP contribution in [0.2, 0.25) is 0 Å². The fraction of sp³-hybridized carbons (Fsp3) is 0.111. The maximum Gasteiger partial charge on any atom is 0.339 e. The summed E-state index contributed by atoms with van der Waals surface area (Å²) < 4.78 is 0.978. The Balaban J connectivity index is 2.12. The SMILES string of the molecule is O=C(O)C(=C=CCc1ccccc1)Cc1ccc(Br)cc1. The smallest absolute Gasteiger partial charge is 0.339 e. The molecule has 0 bridgehead atoms. The second-order valence-electron chi connectivity index (χ2n) is 4.63. The van der Waals surface area contributed by atoms with E-state index < -0.39 is 5.97 Å². The van der Waals surface area contributed by atoms with Gasteiger partial charge in [0, 0.05) is 10.9 Å². The first-order valence-electron chi connectivity index (χ1n) is 6.61. The molecule has 1 N–H and O–H groups in total. The minimum atomic E-state index is -0.928. The number of benzene rings is 2. The fourth-order valence-electron chi connectivity index (χ4n) is 1.90. The summed E-state index contributed by atoms with van der Waals surface area (Å²) in [5.41, 5.74) is 5.27. The van der Waals surface area contributed by atoms with E-state index in [1.54, 1.807) is 6.08 Å². The van der Waals surface area contributed by atoms with Crippen LogP contribution in [-0.4, -0.2) is 11.1 Å². The number of carboxylic acids is 1. The zero-order chi connectivity index (χ0) is 15.1. The van der Waals surface area contributed by atoms with Gasteiger partial charge in [0.15, 0.2) is 0 Å². The van der Waals surface area contributed by atoms with Crippen molar-refractivity contribution in [2.45, 2.75) is 12.8 Å². The molecule has 3 heteroatoms. The monoisotopic (exact) mass is 342 g/mol. The first-order chi connectivity index (χ1) is 10.1. The molecule has 0 aliphatic heterocycles. The molecule has 2 aromatic rings. The van der Waals surface area contributed by atoms with Gasteiger partial charge in [-0.3, -0.25) is 0 Å². The fourth-order valence-corrected chi connectivity index (χ4v) is 2.17. The molecular weight excluding hydrogens is 328 g/mol. The van der Waals surface area contributed by atoms with E-state index in [1.807, 2.05) is 54.6 Å². The second kappa shape index (κ2) is 7.63. The topological polar surface area (TPSA) is 37.3 Å². The standard InChI is InChI=1S/C18H15BrO2/c19-17-11-9-15(10-12-17)13-16(18(20)21)8-4-7-14-5-2-1-3-6-14/h1-6,9-12H,7,13H2,(H,20,21).